The lowest BCUT2D eigenvalue weighted by Crippen LogP contribution is -2.61. The number of hydrogen-bond donors (Lipinski definition) is 6. The predicted octanol–water partition coefficient (Wildman–Crippen LogP) is 3.58. The number of amides is 1. The van der Waals surface area contributed by atoms with Crippen LogP contribution in [0.3, 0.4) is 0 Å². The van der Waals surface area contributed by atoms with E-state index in [1.54, 1.807) is 55.4 Å². The van der Waals surface area contributed by atoms with E-state index in [-0.39, 0.29) is 37.3 Å². The Kier molecular flexibility index (Phi) is 18.8. The molecule has 0 spiro atoms. The summed E-state index contributed by atoms with van der Waals surface area (Å²) in [5.41, 5.74) is -0.567. The van der Waals surface area contributed by atoms with Gasteiger partial charge in [0.2, 0.25) is 0 Å². The molecule has 1 aromatic rings. The van der Waals surface area contributed by atoms with E-state index in [1.807, 2.05) is 63.1 Å². The summed E-state index contributed by atoms with van der Waals surface area (Å²) in [6, 6.07) is 2.92. The fourth-order valence-corrected chi connectivity index (χ4v) is 10.0. The van der Waals surface area contributed by atoms with Crippen LogP contribution in [0.1, 0.15) is 108 Å². The molecule has 0 saturated carbocycles. The molecule has 3 aliphatic rings. The molecule has 64 heavy (non-hydrogen) atoms. The molecule has 1 amide bonds. The minimum absolute atomic E-state index is 0.0417. The molecular weight excluding hydrogens is 831 g/mol. The summed E-state index contributed by atoms with van der Waals surface area (Å²) in [5.74, 6) is -2.80. The summed E-state index contributed by atoms with van der Waals surface area (Å²) < 4.78 is 44.4. The fraction of sp³-hybridized carbons (Fsp3) is 0.848. The van der Waals surface area contributed by atoms with Crippen molar-refractivity contribution in [2.24, 2.45) is 22.9 Å². The monoisotopic (exact) mass is 912 g/mol. The molecule has 0 aromatic carbocycles. The Labute approximate surface area is 380 Å². The van der Waals surface area contributed by atoms with Crippen LogP contribution in [0.5, 0.6) is 0 Å². The van der Waals surface area contributed by atoms with E-state index in [0.717, 1.165) is 5.69 Å². The third-order valence-electron chi connectivity index (χ3n) is 13.8. The molecule has 368 valence electrons. The average Bonchev–Trinajstić information content (AvgIpc) is 3.73. The Morgan fingerprint density at radius 1 is 1.05 bits per heavy atom. The normalized spacial score (nSPS) is 42.7. The summed E-state index contributed by atoms with van der Waals surface area (Å²) in [6.07, 6.45) is -7.42. The van der Waals surface area contributed by atoms with Crippen molar-refractivity contribution in [3.8, 4) is 0 Å². The number of likely N-dealkylation sites (N-methyl/N-ethyl adjacent to an activating group) is 2. The largest absolute Gasteiger partial charge is 0.459 e. The molecular formula is C46H81N5O13. The number of rotatable bonds is 11. The Morgan fingerprint density at radius 2 is 1.72 bits per heavy atom. The molecule has 3 fully saturated rings. The van der Waals surface area contributed by atoms with Crippen LogP contribution in [0.25, 0.3) is 0 Å². The number of aliphatic hydroxyl groups excluding tert-OH is 2. The van der Waals surface area contributed by atoms with E-state index in [0.29, 0.717) is 25.1 Å². The maximum absolute atomic E-state index is 14.5. The van der Waals surface area contributed by atoms with E-state index in [9.17, 15) is 30.0 Å². The molecule has 18 nitrogen and oxygen atoms in total. The number of aromatic nitrogens is 1. The number of hydrogen-bond acceptors (Lipinski definition) is 16. The zero-order valence-electron chi connectivity index (χ0n) is 40.9. The van der Waals surface area contributed by atoms with Gasteiger partial charge in [-0.1, -0.05) is 20.8 Å². The second-order valence-electron chi connectivity index (χ2n) is 19.9. The first-order valence-electron chi connectivity index (χ1n) is 22.9. The molecule has 4 rings (SSSR count). The van der Waals surface area contributed by atoms with Crippen molar-refractivity contribution >= 4 is 17.8 Å². The van der Waals surface area contributed by atoms with Gasteiger partial charge in [-0.15, -0.1) is 0 Å². The summed E-state index contributed by atoms with van der Waals surface area (Å²) in [6.45, 7) is 19.7. The number of methoxy groups -OCH3 is 1. The summed E-state index contributed by atoms with van der Waals surface area (Å²) in [7, 11) is 7.09. The van der Waals surface area contributed by atoms with Crippen molar-refractivity contribution in [3.05, 3.63) is 24.0 Å². The third-order valence-corrected chi connectivity index (χ3v) is 13.8. The number of nitrogens with one attached hydrogen (secondary N) is 2. The van der Waals surface area contributed by atoms with Gasteiger partial charge in [0, 0.05) is 62.1 Å². The van der Waals surface area contributed by atoms with Crippen molar-refractivity contribution < 1.29 is 63.2 Å². The fourth-order valence-electron chi connectivity index (χ4n) is 10.0. The van der Waals surface area contributed by atoms with Crippen LogP contribution in [-0.2, 0) is 44.4 Å². The number of aliphatic hydroxyl groups is 4. The van der Waals surface area contributed by atoms with E-state index in [2.05, 4.69) is 15.5 Å². The molecule has 1 aromatic heterocycles. The van der Waals surface area contributed by atoms with Crippen LogP contribution in [0.2, 0.25) is 0 Å². The zero-order chi connectivity index (χ0) is 48.1. The molecule has 0 aliphatic carbocycles. The number of cyclic esters (lactones) is 1. The van der Waals surface area contributed by atoms with Crippen molar-refractivity contribution in [1.29, 1.82) is 0 Å². The molecule has 3 saturated heterocycles. The first-order chi connectivity index (χ1) is 29.8. The van der Waals surface area contributed by atoms with E-state index < -0.39 is 102 Å². The van der Waals surface area contributed by atoms with Gasteiger partial charge in [0.1, 0.15) is 29.5 Å². The molecule has 3 aliphatic heterocycles. The highest BCUT2D eigenvalue weighted by Crippen LogP contribution is 2.41. The molecule has 1 unspecified atom stereocenters. The zero-order valence-corrected chi connectivity index (χ0v) is 40.9. The molecule has 4 heterocycles. The van der Waals surface area contributed by atoms with Crippen LogP contribution >= 0.6 is 0 Å². The number of carbonyl (C=O) groups is 2. The summed E-state index contributed by atoms with van der Waals surface area (Å²) in [5, 5.41) is 52.0. The van der Waals surface area contributed by atoms with Crippen molar-refractivity contribution in [2.45, 2.75) is 199 Å². The van der Waals surface area contributed by atoms with E-state index >= 15 is 0 Å². The minimum Gasteiger partial charge on any atom is -0.459 e. The Bertz CT molecular complexity index is 1660. The molecule has 18 atom stereocenters. The first kappa shape index (κ1) is 53.9. The number of aromatic amines is 1. The molecule has 6 N–H and O–H groups in total. The minimum atomic E-state index is -1.84. The topological polar surface area (TPSA) is 226 Å². The van der Waals surface area contributed by atoms with Gasteiger partial charge in [0.05, 0.1) is 35.9 Å². The van der Waals surface area contributed by atoms with Gasteiger partial charge in [-0.25, -0.2) is 10.2 Å². The van der Waals surface area contributed by atoms with Crippen LogP contribution in [0, 0.1) is 17.8 Å². The van der Waals surface area contributed by atoms with Gasteiger partial charge < -0.3 is 68.4 Å². The standard InChI is InChI=1S/C46H81N5O13/c1-16-34-46(11,57)38(53)30(7)51(14)24-25(2)22-44(9,56)39(63-42-36(52)33(50(12)13)21-27(4)59-42)28(5)37(29(6)41(54)61-34)62-35-23-45(10,58-15)40(31(8)60-35)64-43(55)49-48-26(3)20-32-18-17-19-47-32/h17-19,25,27-31,33-40,42,47,52-53,56-57H,16,20-24H2,1-15H3,(H,49,55)/b48-26+/t25-,27-,28+,29-,30-,31+,33+,34-,35+,36-,37+,38-,39-,40?,42+,44-,45-,46-/m1/s1. The second kappa shape index (κ2) is 22.4. The number of hydrazone groups is 1. The van der Waals surface area contributed by atoms with Crippen molar-refractivity contribution in [1.82, 2.24) is 20.2 Å². The SMILES string of the molecule is CC[C@H]1OC(=O)[C@H](C)[C@@H](O[C@H]2C[C@@](C)(OC)C(OC(=O)N/N=C(\C)Cc3ccc[nH]3)[C@H](C)O2)[C@H](C)[C@@H](O[C@@H]2O[C@H](C)C[C@H](N(C)C)[C@H]2O)[C@](C)(O)C[C@@H](C)CN(C)[C@H](C)[C@@H](O)[C@]1(C)O. The number of nitrogens with zero attached hydrogens (tertiary/aromatic N) is 3. The highest BCUT2D eigenvalue weighted by atomic mass is 16.7. The van der Waals surface area contributed by atoms with Gasteiger partial charge in [0.25, 0.3) is 0 Å². The van der Waals surface area contributed by atoms with E-state index in [4.69, 9.17) is 33.2 Å². The maximum atomic E-state index is 14.5. The average molecular weight is 912 g/mol. The summed E-state index contributed by atoms with van der Waals surface area (Å²) >= 11 is 0. The van der Waals surface area contributed by atoms with E-state index in [1.165, 1.54) is 14.0 Å². The quantitative estimate of drug-likeness (QED) is 0.106. The lowest BCUT2D eigenvalue weighted by molar-refractivity contribution is -0.317. The van der Waals surface area contributed by atoms with Crippen molar-refractivity contribution in [3.63, 3.8) is 0 Å². The Hall–Kier alpha value is -2.75. The summed E-state index contributed by atoms with van der Waals surface area (Å²) in [4.78, 5) is 34.5. The van der Waals surface area contributed by atoms with Gasteiger partial charge >= 0.3 is 12.1 Å². The molecule has 0 bridgehead atoms. The predicted molar refractivity (Wildman–Crippen MR) is 239 cm³/mol. The van der Waals surface area contributed by atoms with Crippen LogP contribution < -0.4 is 5.43 Å². The lowest BCUT2D eigenvalue weighted by Gasteiger charge is -2.49. The highest BCUT2D eigenvalue weighted by molar-refractivity contribution is 5.84. The second-order valence-corrected chi connectivity index (χ2v) is 19.9. The number of ether oxygens (including phenoxy) is 7. The third kappa shape index (κ3) is 13.0. The highest BCUT2D eigenvalue weighted by Gasteiger charge is 2.54. The van der Waals surface area contributed by atoms with Crippen LogP contribution in [0.4, 0.5) is 4.79 Å². The van der Waals surface area contributed by atoms with Crippen molar-refractivity contribution in [2.75, 3.05) is 34.8 Å². The maximum Gasteiger partial charge on any atom is 0.428 e. The van der Waals surface area contributed by atoms with Gasteiger partial charge in [0.15, 0.2) is 18.7 Å². The van der Waals surface area contributed by atoms with Gasteiger partial charge in [-0.05, 0) is 114 Å². The lowest BCUT2D eigenvalue weighted by atomic mass is 9.77. The van der Waals surface area contributed by atoms with Gasteiger partial charge in [-0.2, -0.15) is 5.10 Å². The smallest absolute Gasteiger partial charge is 0.428 e. The molecule has 18 heteroatoms. The number of esters is 1. The first-order valence-corrected chi connectivity index (χ1v) is 22.9. The number of carbonyl (C=O) groups excluding carboxylic acids is 2. The number of H-pyrrole nitrogens is 1. The van der Waals surface area contributed by atoms with Crippen LogP contribution in [-0.4, -0.2) is 178 Å². The Balaban J connectivity index is 1.73. The Morgan fingerprint density at radius 3 is 2.31 bits per heavy atom. The van der Waals surface area contributed by atoms with Crippen LogP contribution in [0.15, 0.2) is 23.4 Å². The molecule has 0 radical (unpaired) electrons. The van der Waals surface area contributed by atoms with Gasteiger partial charge in [-0.3, -0.25) is 4.79 Å².